The van der Waals surface area contributed by atoms with Crippen LogP contribution in [0.4, 0.5) is 5.82 Å². The molecule has 8 heteroatoms. The zero-order chi connectivity index (χ0) is 17.7. The van der Waals surface area contributed by atoms with E-state index in [0.29, 0.717) is 5.92 Å². The molecule has 0 amide bonds. The molecule has 0 radical (unpaired) electrons. The molecule has 1 aliphatic rings. The van der Waals surface area contributed by atoms with Crippen molar-refractivity contribution >= 4 is 27.2 Å². The molecule has 2 aromatic rings. The lowest BCUT2D eigenvalue weighted by Gasteiger charge is -2.31. The lowest BCUT2D eigenvalue weighted by atomic mass is 9.97. The minimum Gasteiger partial charge on any atom is -0.370 e. The van der Waals surface area contributed by atoms with Gasteiger partial charge in [-0.05, 0) is 62.5 Å². The van der Waals surface area contributed by atoms with Crippen LogP contribution in [0.2, 0.25) is 0 Å². The maximum atomic E-state index is 11.7. The number of hydrogen-bond acceptors (Lipinski definition) is 6. The molecule has 0 spiro atoms. The highest BCUT2D eigenvalue weighted by Crippen LogP contribution is 2.21. The predicted octanol–water partition coefficient (Wildman–Crippen LogP) is 2.38. The van der Waals surface area contributed by atoms with Crippen molar-refractivity contribution in [3.8, 4) is 0 Å². The maximum absolute atomic E-state index is 11.7. The summed E-state index contributed by atoms with van der Waals surface area (Å²) in [4.78, 5) is 8.33. The molecule has 0 aromatic carbocycles. The Labute approximate surface area is 153 Å². The van der Waals surface area contributed by atoms with E-state index < -0.39 is 10.0 Å². The topological polar surface area (TPSA) is 74.3 Å². The first-order chi connectivity index (χ1) is 12.1. The Bertz CT molecular complexity index is 752. The van der Waals surface area contributed by atoms with E-state index in [1.54, 1.807) is 12.1 Å². The second-order valence-electron chi connectivity index (χ2n) is 6.27. The largest absolute Gasteiger partial charge is 0.370 e. The fraction of sp³-hybridized carbons (Fsp3) is 0.471. The van der Waals surface area contributed by atoms with Gasteiger partial charge in [-0.3, -0.25) is 4.90 Å². The highest BCUT2D eigenvalue weighted by molar-refractivity contribution is 7.89. The van der Waals surface area contributed by atoms with Crippen LogP contribution in [0, 0.1) is 5.92 Å². The van der Waals surface area contributed by atoms with Crippen LogP contribution in [0.25, 0.3) is 0 Å². The Morgan fingerprint density at radius 1 is 1.28 bits per heavy atom. The van der Waals surface area contributed by atoms with Gasteiger partial charge < -0.3 is 5.32 Å². The summed E-state index contributed by atoms with van der Waals surface area (Å²) in [6.07, 6.45) is 3.73. The number of nitrogens with one attached hydrogen (secondary N) is 2. The number of anilines is 1. The third kappa shape index (κ3) is 5.01. The summed E-state index contributed by atoms with van der Waals surface area (Å²) in [5.41, 5.74) is 0. The minimum atomic E-state index is -3.42. The highest BCUT2D eigenvalue weighted by Gasteiger charge is 2.19. The lowest BCUT2D eigenvalue weighted by molar-refractivity contribution is 0.184. The fourth-order valence-electron chi connectivity index (χ4n) is 2.98. The first-order valence-corrected chi connectivity index (χ1v) is 10.8. The third-order valence-corrected chi connectivity index (χ3v) is 6.81. The molecule has 0 atom stereocenters. The van der Waals surface area contributed by atoms with Crippen LogP contribution in [0.1, 0.15) is 17.7 Å². The Morgan fingerprint density at radius 3 is 2.68 bits per heavy atom. The van der Waals surface area contributed by atoms with Crippen molar-refractivity contribution in [2.24, 2.45) is 5.92 Å². The van der Waals surface area contributed by atoms with Crippen molar-refractivity contribution in [3.63, 3.8) is 0 Å². The van der Waals surface area contributed by atoms with E-state index in [2.05, 4.69) is 37.4 Å². The van der Waals surface area contributed by atoms with Crippen molar-refractivity contribution in [1.82, 2.24) is 14.6 Å². The number of piperidine rings is 1. The number of rotatable bonds is 7. The summed E-state index contributed by atoms with van der Waals surface area (Å²) in [6, 6.07) is 7.60. The molecule has 1 aliphatic heterocycles. The van der Waals surface area contributed by atoms with E-state index >= 15 is 0 Å². The van der Waals surface area contributed by atoms with Crippen molar-refractivity contribution in [2.75, 3.05) is 32.0 Å². The van der Waals surface area contributed by atoms with E-state index in [1.165, 1.54) is 31.0 Å². The SMILES string of the molecule is CNS(=O)(=O)c1ccc(NCC2CCN(Cc3cccs3)CC2)nc1. The molecular weight excluding hydrogens is 356 g/mol. The number of likely N-dealkylation sites (tertiary alicyclic amines) is 1. The molecule has 0 saturated carbocycles. The van der Waals surface area contributed by atoms with Gasteiger partial charge in [0, 0.05) is 24.2 Å². The number of aromatic nitrogens is 1. The summed E-state index contributed by atoms with van der Waals surface area (Å²) in [5, 5.41) is 5.46. The number of nitrogens with zero attached hydrogens (tertiary/aromatic N) is 2. The Morgan fingerprint density at radius 2 is 2.08 bits per heavy atom. The Balaban J connectivity index is 1.44. The molecule has 0 unspecified atom stereocenters. The molecule has 2 N–H and O–H groups in total. The second kappa shape index (κ2) is 8.27. The molecule has 6 nitrogen and oxygen atoms in total. The quantitative estimate of drug-likeness (QED) is 0.771. The normalized spacial score (nSPS) is 16.8. The molecular formula is C17H24N4O2S2. The monoisotopic (exact) mass is 380 g/mol. The van der Waals surface area contributed by atoms with Crippen molar-refractivity contribution in [2.45, 2.75) is 24.3 Å². The van der Waals surface area contributed by atoms with Gasteiger partial charge in [0.1, 0.15) is 10.7 Å². The molecule has 0 bridgehead atoms. The van der Waals surface area contributed by atoms with E-state index in [-0.39, 0.29) is 4.90 Å². The third-order valence-electron chi connectivity index (χ3n) is 4.55. The second-order valence-corrected chi connectivity index (χ2v) is 9.19. The first kappa shape index (κ1) is 18.3. The molecule has 0 aliphatic carbocycles. The van der Waals surface area contributed by atoms with E-state index in [1.807, 2.05) is 11.3 Å². The number of thiophene rings is 1. The van der Waals surface area contributed by atoms with Gasteiger partial charge >= 0.3 is 0 Å². The number of pyridine rings is 1. The van der Waals surface area contributed by atoms with E-state index in [4.69, 9.17) is 0 Å². The highest BCUT2D eigenvalue weighted by atomic mass is 32.2. The van der Waals surface area contributed by atoms with E-state index in [9.17, 15) is 8.42 Å². The van der Waals surface area contributed by atoms with Gasteiger partial charge in [0.15, 0.2) is 0 Å². The predicted molar refractivity (Wildman–Crippen MR) is 101 cm³/mol. The van der Waals surface area contributed by atoms with Crippen molar-refractivity contribution in [1.29, 1.82) is 0 Å². The lowest BCUT2D eigenvalue weighted by Crippen LogP contribution is -2.35. The van der Waals surface area contributed by atoms with Crippen LogP contribution in [-0.2, 0) is 16.6 Å². The average Bonchev–Trinajstić information content (AvgIpc) is 3.14. The fourth-order valence-corrected chi connectivity index (χ4v) is 4.40. The summed E-state index contributed by atoms with van der Waals surface area (Å²) in [7, 11) is -2.03. The summed E-state index contributed by atoms with van der Waals surface area (Å²) in [5.74, 6) is 1.35. The smallest absolute Gasteiger partial charge is 0.241 e. The number of hydrogen-bond donors (Lipinski definition) is 2. The Kier molecular flexibility index (Phi) is 6.06. The van der Waals surface area contributed by atoms with Gasteiger partial charge in [0.05, 0.1) is 0 Å². The van der Waals surface area contributed by atoms with Crippen LogP contribution in [-0.4, -0.2) is 45.0 Å². The summed E-state index contributed by atoms with van der Waals surface area (Å²) >= 11 is 1.82. The molecule has 25 heavy (non-hydrogen) atoms. The van der Waals surface area contributed by atoms with Crippen LogP contribution in [0.5, 0.6) is 0 Å². The van der Waals surface area contributed by atoms with Crippen molar-refractivity contribution < 1.29 is 8.42 Å². The van der Waals surface area contributed by atoms with Crippen LogP contribution >= 0.6 is 11.3 Å². The Hall–Kier alpha value is -1.48. The standard InChI is InChI=1S/C17H24N4O2S2/c1-18-25(22,23)16-4-5-17(20-12-16)19-11-14-6-8-21(9-7-14)13-15-3-2-10-24-15/h2-5,10,12,14,18H,6-9,11,13H2,1H3,(H,19,20). The molecule has 1 fully saturated rings. The molecule has 3 heterocycles. The zero-order valence-corrected chi connectivity index (χ0v) is 15.9. The van der Waals surface area contributed by atoms with Gasteiger partial charge in [0.2, 0.25) is 10.0 Å². The average molecular weight is 381 g/mol. The van der Waals surface area contributed by atoms with Gasteiger partial charge in [-0.1, -0.05) is 6.07 Å². The summed E-state index contributed by atoms with van der Waals surface area (Å²) in [6.45, 7) is 4.17. The van der Waals surface area contributed by atoms with Gasteiger partial charge in [0.25, 0.3) is 0 Å². The molecule has 2 aromatic heterocycles. The van der Waals surface area contributed by atoms with Crippen LogP contribution in [0.15, 0.2) is 40.7 Å². The molecule has 1 saturated heterocycles. The van der Waals surface area contributed by atoms with Gasteiger partial charge in [-0.25, -0.2) is 18.1 Å². The van der Waals surface area contributed by atoms with E-state index in [0.717, 1.165) is 32.0 Å². The van der Waals surface area contributed by atoms with Crippen LogP contribution in [0.3, 0.4) is 0 Å². The maximum Gasteiger partial charge on any atom is 0.241 e. The van der Waals surface area contributed by atoms with Crippen molar-refractivity contribution in [3.05, 3.63) is 40.7 Å². The summed E-state index contributed by atoms with van der Waals surface area (Å²) < 4.78 is 25.7. The minimum absolute atomic E-state index is 0.183. The molecule has 136 valence electrons. The molecule has 3 rings (SSSR count). The van der Waals surface area contributed by atoms with Gasteiger partial charge in [-0.15, -0.1) is 11.3 Å². The van der Waals surface area contributed by atoms with Crippen LogP contribution < -0.4 is 10.0 Å². The zero-order valence-electron chi connectivity index (χ0n) is 14.3. The first-order valence-electron chi connectivity index (χ1n) is 8.45. The number of sulfonamides is 1. The van der Waals surface area contributed by atoms with Gasteiger partial charge in [-0.2, -0.15) is 0 Å².